The molecule has 0 fully saturated rings. The Kier molecular flexibility index (Phi) is 5.89. The molecule has 5 heteroatoms. The van der Waals surface area contributed by atoms with Gasteiger partial charge in [-0.05, 0) is 42.3 Å². The molecule has 4 nitrogen and oxygen atoms in total. The zero-order valence-corrected chi connectivity index (χ0v) is 15.6. The van der Waals surface area contributed by atoms with E-state index in [4.69, 9.17) is 11.6 Å². The van der Waals surface area contributed by atoms with Gasteiger partial charge in [-0.1, -0.05) is 66.2 Å². The van der Waals surface area contributed by atoms with Gasteiger partial charge in [-0.2, -0.15) is 0 Å². The number of rotatable bonds is 4. The maximum absolute atomic E-state index is 12.9. The monoisotopic (exact) mass is 378 g/mol. The molecule has 0 saturated heterocycles. The van der Waals surface area contributed by atoms with Gasteiger partial charge in [0.15, 0.2) is 0 Å². The van der Waals surface area contributed by atoms with Crippen molar-refractivity contribution in [2.45, 2.75) is 13.5 Å². The van der Waals surface area contributed by atoms with Crippen LogP contribution in [0.15, 0.2) is 78.9 Å². The van der Waals surface area contributed by atoms with Crippen LogP contribution in [0.1, 0.15) is 11.1 Å². The van der Waals surface area contributed by atoms with Gasteiger partial charge >= 0.3 is 11.8 Å². The molecular weight excluding hydrogens is 360 g/mol. The molecule has 0 aliphatic carbocycles. The molecule has 0 bridgehead atoms. The van der Waals surface area contributed by atoms with Crippen molar-refractivity contribution >= 4 is 34.8 Å². The second kappa shape index (κ2) is 8.52. The maximum Gasteiger partial charge on any atom is 0.316 e. The van der Waals surface area contributed by atoms with Gasteiger partial charge in [-0.15, -0.1) is 0 Å². The molecule has 27 heavy (non-hydrogen) atoms. The van der Waals surface area contributed by atoms with Crippen LogP contribution in [0.4, 0.5) is 11.4 Å². The SMILES string of the molecule is Cc1ccc(NC(=O)C(=O)N(Cc2ccccc2)c2ccccc2)cc1Cl. The zero-order valence-electron chi connectivity index (χ0n) is 14.9. The number of para-hydroxylation sites is 1. The number of nitrogens with one attached hydrogen (secondary N) is 1. The molecule has 3 aromatic carbocycles. The molecule has 0 atom stereocenters. The van der Waals surface area contributed by atoms with Crippen molar-refractivity contribution in [2.75, 3.05) is 10.2 Å². The Hall–Kier alpha value is -3.11. The van der Waals surface area contributed by atoms with Crippen LogP contribution in [-0.4, -0.2) is 11.8 Å². The van der Waals surface area contributed by atoms with Gasteiger partial charge in [0.2, 0.25) is 0 Å². The van der Waals surface area contributed by atoms with E-state index in [2.05, 4.69) is 5.32 Å². The van der Waals surface area contributed by atoms with Crippen molar-refractivity contribution in [1.82, 2.24) is 0 Å². The Morgan fingerprint density at radius 2 is 1.56 bits per heavy atom. The Morgan fingerprint density at radius 3 is 2.19 bits per heavy atom. The number of halogens is 1. The average Bonchev–Trinajstić information content (AvgIpc) is 2.70. The van der Waals surface area contributed by atoms with Crippen LogP contribution in [0.25, 0.3) is 0 Å². The van der Waals surface area contributed by atoms with Crippen LogP contribution in [-0.2, 0) is 16.1 Å². The van der Waals surface area contributed by atoms with E-state index < -0.39 is 11.8 Å². The summed E-state index contributed by atoms with van der Waals surface area (Å²) in [6.45, 7) is 2.17. The highest BCUT2D eigenvalue weighted by atomic mass is 35.5. The molecule has 136 valence electrons. The largest absolute Gasteiger partial charge is 0.318 e. The van der Waals surface area contributed by atoms with Crippen LogP contribution < -0.4 is 10.2 Å². The number of nitrogens with zero attached hydrogens (tertiary/aromatic N) is 1. The Labute approximate surface area is 163 Å². The lowest BCUT2D eigenvalue weighted by Crippen LogP contribution is -2.39. The van der Waals surface area contributed by atoms with E-state index >= 15 is 0 Å². The quantitative estimate of drug-likeness (QED) is 0.661. The summed E-state index contributed by atoms with van der Waals surface area (Å²) in [4.78, 5) is 26.9. The second-order valence-corrected chi connectivity index (χ2v) is 6.54. The topological polar surface area (TPSA) is 49.4 Å². The third kappa shape index (κ3) is 4.74. The van der Waals surface area contributed by atoms with Crippen molar-refractivity contribution in [3.05, 3.63) is 95.0 Å². The van der Waals surface area contributed by atoms with Crippen molar-refractivity contribution in [3.8, 4) is 0 Å². The summed E-state index contributed by atoms with van der Waals surface area (Å²) in [5.41, 5.74) is 2.97. The van der Waals surface area contributed by atoms with E-state index in [1.165, 1.54) is 4.90 Å². The Balaban J connectivity index is 1.83. The minimum atomic E-state index is -0.713. The third-order valence-corrected chi connectivity index (χ3v) is 4.53. The molecule has 2 amide bonds. The van der Waals surface area contributed by atoms with Gasteiger partial charge in [0, 0.05) is 16.4 Å². The molecule has 0 spiro atoms. The minimum absolute atomic E-state index is 0.297. The van der Waals surface area contributed by atoms with Crippen molar-refractivity contribution < 1.29 is 9.59 Å². The van der Waals surface area contributed by atoms with Crippen molar-refractivity contribution in [2.24, 2.45) is 0 Å². The molecule has 0 saturated carbocycles. The van der Waals surface area contributed by atoms with Crippen LogP contribution in [0.2, 0.25) is 5.02 Å². The molecule has 3 rings (SSSR count). The average molecular weight is 379 g/mol. The first-order chi connectivity index (χ1) is 13.0. The molecule has 0 aromatic heterocycles. The summed E-state index contributed by atoms with van der Waals surface area (Å²) in [6, 6.07) is 23.8. The summed E-state index contributed by atoms with van der Waals surface area (Å²) in [5, 5.41) is 3.16. The summed E-state index contributed by atoms with van der Waals surface area (Å²) in [6.07, 6.45) is 0. The molecule has 0 unspecified atom stereocenters. The summed E-state index contributed by atoms with van der Waals surface area (Å²) in [5.74, 6) is -1.35. The number of carbonyl (C=O) groups is 2. The number of aryl methyl sites for hydroxylation is 1. The smallest absolute Gasteiger partial charge is 0.316 e. The lowest BCUT2D eigenvalue weighted by Gasteiger charge is -2.22. The number of anilines is 2. The normalized spacial score (nSPS) is 10.3. The lowest BCUT2D eigenvalue weighted by atomic mass is 10.2. The molecule has 1 N–H and O–H groups in total. The fourth-order valence-corrected chi connectivity index (χ4v) is 2.81. The first kappa shape index (κ1) is 18.7. The van der Waals surface area contributed by atoms with Crippen LogP contribution in [0.5, 0.6) is 0 Å². The molecule has 0 radical (unpaired) electrons. The van der Waals surface area contributed by atoms with E-state index in [1.807, 2.05) is 55.5 Å². The number of carbonyl (C=O) groups excluding carboxylic acids is 2. The minimum Gasteiger partial charge on any atom is -0.318 e. The van der Waals surface area contributed by atoms with Crippen molar-refractivity contribution in [3.63, 3.8) is 0 Å². The number of hydrogen-bond donors (Lipinski definition) is 1. The predicted octanol–water partition coefficient (Wildman–Crippen LogP) is 4.82. The van der Waals surface area contributed by atoms with Crippen LogP contribution >= 0.6 is 11.6 Å². The molecule has 0 heterocycles. The standard InChI is InChI=1S/C22H19ClN2O2/c1-16-12-13-18(14-20(16)23)24-21(26)22(27)25(19-10-6-3-7-11-19)15-17-8-4-2-5-9-17/h2-14H,15H2,1H3,(H,24,26). The van der Waals surface area contributed by atoms with Gasteiger partial charge in [-0.25, -0.2) is 0 Å². The molecular formula is C22H19ClN2O2. The highest BCUT2D eigenvalue weighted by Gasteiger charge is 2.23. The van der Waals surface area contributed by atoms with Crippen LogP contribution in [0.3, 0.4) is 0 Å². The zero-order chi connectivity index (χ0) is 19.2. The summed E-state index contributed by atoms with van der Waals surface area (Å²) < 4.78 is 0. The summed E-state index contributed by atoms with van der Waals surface area (Å²) in [7, 11) is 0. The Bertz CT molecular complexity index is 943. The highest BCUT2D eigenvalue weighted by molar-refractivity contribution is 6.44. The fourth-order valence-electron chi connectivity index (χ4n) is 2.63. The van der Waals surface area contributed by atoms with Gasteiger partial charge < -0.3 is 5.32 Å². The second-order valence-electron chi connectivity index (χ2n) is 6.13. The Morgan fingerprint density at radius 1 is 0.926 bits per heavy atom. The van der Waals surface area contributed by atoms with Gasteiger partial charge in [-0.3, -0.25) is 14.5 Å². The summed E-state index contributed by atoms with van der Waals surface area (Å²) >= 11 is 6.10. The molecule has 3 aromatic rings. The van der Waals surface area contributed by atoms with Gasteiger partial charge in [0.25, 0.3) is 0 Å². The van der Waals surface area contributed by atoms with Gasteiger partial charge in [0.05, 0.1) is 6.54 Å². The van der Waals surface area contributed by atoms with E-state index in [1.54, 1.807) is 30.3 Å². The number of benzene rings is 3. The van der Waals surface area contributed by atoms with E-state index in [9.17, 15) is 9.59 Å². The first-order valence-electron chi connectivity index (χ1n) is 8.52. The number of hydrogen-bond acceptors (Lipinski definition) is 2. The maximum atomic E-state index is 12.9. The third-order valence-electron chi connectivity index (χ3n) is 4.12. The highest BCUT2D eigenvalue weighted by Crippen LogP contribution is 2.21. The van der Waals surface area contributed by atoms with E-state index in [-0.39, 0.29) is 0 Å². The number of amides is 2. The van der Waals surface area contributed by atoms with E-state index in [0.29, 0.717) is 22.9 Å². The first-order valence-corrected chi connectivity index (χ1v) is 8.90. The van der Waals surface area contributed by atoms with Crippen LogP contribution in [0, 0.1) is 6.92 Å². The fraction of sp³-hybridized carbons (Fsp3) is 0.0909. The van der Waals surface area contributed by atoms with Crippen molar-refractivity contribution in [1.29, 1.82) is 0 Å². The molecule has 0 aliphatic heterocycles. The lowest BCUT2D eigenvalue weighted by molar-refractivity contribution is -0.134. The van der Waals surface area contributed by atoms with E-state index in [0.717, 1.165) is 11.1 Å². The van der Waals surface area contributed by atoms with Gasteiger partial charge in [0.1, 0.15) is 0 Å². The predicted molar refractivity (Wildman–Crippen MR) is 109 cm³/mol. The molecule has 0 aliphatic rings.